The smallest absolute Gasteiger partial charge is 0.256 e. The average Bonchev–Trinajstić information content (AvgIpc) is 2.98. The summed E-state index contributed by atoms with van der Waals surface area (Å²) >= 11 is 0. The van der Waals surface area contributed by atoms with Crippen molar-refractivity contribution >= 4 is 29.1 Å². The van der Waals surface area contributed by atoms with Gasteiger partial charge in [0, 0.05) is 57.6 Å². The number of hydrogen-bond acceptors (Lipinski definition) is 4. The summed E-state index contributed by atoms with van der Waals surface area (Å²) < 4.78 is 0. The fourth-order valence-electron chi connectivity index (χ4n) is 5.07. The fourth-order valence-corrected chi connectivity index (χ4v) is 5.07. The number of carbonyl (C=O) groups excluding carboxylic acids is 3. The molecule has 204 valence electrons. The van der Waals surface area contributed by atoms with Gasteiger partial charge >= 0.3 is 0 Å². The molecule has 1 atom stereocenters. The van der Waals surface area contributed by atoms with Crippen LogP contribution in [0.1, 0.15) is 54.1 Å². The second-order valence-corrected chi connectivity index (χ2v) is 9.96. The zero-order valence-corrected chi connectivity index (χ0v) is 23.1. The van der Waals surface area contributed by atoms with Gasteiger partial charge in [0.2, 0.25) is 11.8 Å². The molecule has 0 aliphatic carbocycles. The molecule has 7 nitrogen and oxygen atoms in total. The van der Waals surface area contributed by atoms with E-state index in [0.29, 0.717) is 50.4 Å². The van der Waals surface area contributed by atoms with Crippen molar-refractivity contribution in [3.8, 4) is 0 Å². The van der Waals surface area contributed by atoms with Crippen LogP contribution in [0.25, 0.3) is 0 Å². The maximum Gasteiger partial charge on any atom is 0.256 e. The van der Waals surface area contributed by atoms with Gasteiger partial charge in [-0.15, -0.1) is 0 Å². The van der Waals surface area contributed by atoms with E-state index < -0.39 is 0 Å². The Kier molecular flexibility index (Phi) is 9.36. The van der Waals surface area contributed by atoms with Crippen molar-refractivity contribution in [3.63, 3.8) is 0 Å². The summed E-state index contributed by atoms with van der Waals surface area (Å²) in [5.41, 5.74) is 4.05. The van der Waals surface area contributed by atoms with Gasteiger partial charge in [0.25, 0.3) is 5.91 Å². The highest BCUT2D eigenvalue weighted by atomic mass is 16.2. The molecule has 0 bridgehead atoms. The highest BCUT2D eigenvalue weighted by Crippen LogP contribution is 2.29. The molecule has 0 unspecified atom stereocenters. The van der Waals surface area contributed by atoms with Crippen LogP contribution in [-0.4, -0.2) is 60.7 Å². The Morgan fingerprint density at radius 1 is 0.872 bits per heavy atom. The molecule has 3 amide bonds. The molecule has 3 aromatic carbocycles. The van der Waals surface area contributed by atoms with Crippen molar-refractivity contribution < 1.29 is 14.4 Å². The van der Waals surface area contributed by atoms with Gasteiger partial charge in [0.1, 0.15) is 0 Å². The maximum absolute atomic E-state index is 13.7. The molecule has 0 radical (unpaired) electrons. The number of piperazine rings is 1. The van der Waals surface area contributed by atoms with Gasteiger partial charge in [-0.1, -0.05) is 74.5 Å². The zero-order chi connectivity index (χ0) is 27.8. The van der Waals surface area contributed by atoms with E-state index in [4.69, 9.17) is 0 Å². The number of nitrogens with zero attached hydrogens (tertiary/aromatic N) is 3. The quantitative estimate of drug-likeness (QED) is 0.419. The molecular weight excluding hydrogens is 488 g/mol. The summed E-state index contributed by atoms with van der Waals surface area (Å²) in [5, 5.41) is 2.88. The number of hydrogen-bond donors (Lipinski definition) is 1. The average molecular weight is 527 g/mol. The Hall–Kier alpha value is -4.13. The largest absolute Gasteiger partial charge is 0.367 e. The van der Waals surface area contributed by atoms with Gasteiger partial charge in [0.05, 0.1) is 11.5 Å². The van der Waals surface area contributed by atoms with Crippen molar-refractivity contribution in [2.75, 3.05) is 43.4 Å². The maximum atomic E-state index is 13.7. The summed E-state index contributed by atoms with van der Waals surface area (Å²) in [6.45, 7) is 6.75. The highest BCUT2D eigenvalue weighted by Gasteiger charge is 2.29. The molecule has 0 spiro atoms. The van der Waals surface area contributed by atoms with Crippen molar-refractivity contribution in [2.45, 2.75) is 39.2 Å². The summed E-state index contributed by atoms with van der Waals surface area (Å²) in [6, 6.07) is 25.3. The Morgan fingerprint density at radius 3 is 2.13 bits per heavy atom. The van der Waals surface area contributed by atoms with Crippen molar-refractivity contribution in [3.05, 3.63) is 95.6 Å². The molecule has 0 saturated carbocycles. The first-order valence-corrected chi connectivity index (χ1v) is 13.7. The van der Waals surface area contributed by atoms with Crippen LogP contribution in [0.3, 0.4) is 0 Å². The van der Waals surface area contributed by atoms with Crippen molar-refractivity contribution in [1.82, 2.24) is 9.80 Å². The van der Waals surface area contributed by atoms with Gasteiger partial charge in [-0.3, -0.25) is 14.4 Å². The third kappa shape index (κ3) is 6.85. The number of anilines is 2. The van der Waals surface area contributed by atoms with E-state index in [1.54, 1.807) is 24.9 Å². The summed E-state index contributed by atoms with van der Waals surface area (Å²) in [4.78, 5) is 45.0. The second kappa shape index (κ2) is 13.1. The first-order chi connectivity index (χ1) is 18.9. The normalized spacial score (nSPS) is 14.0. The minimum Gasteiger partial charge on any atom is -0.367 e. The first kappa shape index (κ1) is 27.9. The fraction of sp³-hybridized carbons (Fsp3) is 0.344. The number of carbonyl (C=O) groups is 3. The first-order valence-electron chi connectivity index (χ1n) is 13.7. The summed E-state index contributed by atoms with van der Waals surface area (Å²) in [7, 11) is 1.79. The van der Waals surface area contributed by atoms with Gasteiger partial charge < -0.3 is 20.0 Å². The minimum atomic E-state index is -0.150. The molecular formula is C32H38N4O3. The summed E-state index contributed by atoms with van der Waals surface area (Å²) in [5.74, 6) is -0.215. The Bertz CT molecular complexity index is 1270. The van der Waals surface area contributed by atoms with Gasteiger partial charge in [-0.2, -0.15) is 0 Å². The third-order valence-electron chi connectivity index (χ3n) is 7.28. The van der Waals surface area contributed by atoms with Crippen LogP contribution in [0.15, 0.2) is 78.9 Å². The lowest BCUT2D eigenvalue weighted by atomic mass is 9.94. The van der Waals surface area contributed by atoms with Crippen molar-refractivity contribution in [2.24, 2.45) is 0 Å². The van der Waals surface area contributed by atoms with Crippen LogP contribution in [0.5, 0.6) is 0 Å². The lowest BCUT2D eigenvalue weighted by Gasteiger charge is -2.38. The molecule has 3 aromatic rings. The van der Waals surface area contributed by atoms with Gasteiger partial charge in [-0.25, -0.2) is 0 Å². The molecule has 1 fully saturated rings. The third-order valence-corrected chi connectivity index (χ3v) is 7.28. The predicted octanol–water partition coefficient (Wildman–Crippen LogP) is 5.15. The van der Waals surface area contributed by atoms with Crippen LogP contribution >= 0.6 is 0 Å². The predicted molar refractivity (Wildman–Crippen MR) is 156 cm³/mol. The van der Waals surface area contributed by atoms with Gasteiger partial charge in [-0.05, 0) is 35.7 Å². The van der Waals surface area contributed by atoms with Crippen LogP contribution < -0.4 is 10.2 Å². The summed E-state index contributed by atoms with van der Waals surface area (Å²) in [6.07, 6.45) is 1.11. The zero-order valence-electron chi connectivity index (χ0n) is 23.1. The number of benzene rings is 3. The van der Waals surface area contributed by atoms with Gasteiger partial charge in [0.15, 0.2) is 0 Å². The SMILES string of the molecule is CCC(=O)Nc1ccc(N2CCN(C(=O)[C@@H](CC)c3ccccc3)CC2)c(C(=O)N(C)Cc2ccccc2)c1. The van der Waals surface area contributed by atoms with E-state index in [1.807, 2.05) is 77.7 Å². The number of nitrogens with one attached hydrogen (secondary N) is 1. The molecule has 1 saturated heterocycles. The highest BCUT2D eigenvalue weighted by molar-refractivity contribution is 6.02. The van der Waals surface area contributed by atoms with Crippen LogP contribution in [-0.2, 0) is 16.1 Å². The molecule has 7 heteroatoms. The van der Waals surface area contributed by atoms with Crippen molar-refractivity contribution in [1.29, 1.82) is 0 Å². The Balaban J connectivity index is 1.52. The van der Waals surface area contributed by atoms with Crippen LogP contribution in [0.4, 0.5) is 11.4 Å². The minimum absolute atomic E-state index is 0.102. The lowest BCUT2D eigenvalue weighted by Crippen LogP contribution is -2.50. The molecule has 4 rings (SSSR count). The van der Waals surface area contributed by atoms with E-state index >= 15 is 0 Å². The standard InChI is InChI=1S/C32H38N4O3/c1-4-27(25-14-10-7-11-15-25)32(39)36-20-18-35(19-21-36)29-17-16-26(33-30(37)5-2)22-28(29)31(38)34(3)23-24-12-8-6-9-13-24/h6-17,22,27H,4-5,18-21,23H2,1-3H3,(H,33,37)/t27-/m0/s1. The van der Waals surface area contributed by atoms with E-state index in [1.165, 1.54) is 0 Å². The molecule has 1 N–H and O–H groups in total. The van der Waals surface area contributed by atoms with Crippen LogP contribution in [0, 0.1) is 0 Å². The monoisotopic (exact) mass is 526 g/mol. The van der Waals surface area contributed by atoms with E-state index in [2.05, 4.69) is 17.1 Å². The molecule has 39 heavy (non-hydrogen) atoms. The molecule has 1 heterocycles. The van der Waals surface area contributed by atoms with E-state index in [-0.39, 0.29) is 23.6 Å². The Labute approximate surface area is 231 Å². The molecule has 1 aliphatic heterocycles. The topological polar surface area (TPSA) is 73.0 Å². The van der Waals surface area contributed by atoms with E-state index in [9.17, 15) is 14.4 Å². The molecule has 1 aliphatic rings. The second-order valence-electron chi connectivity index (χ2n) is 9.96. The van der Waals surface area contributed by atoms with E-state index in [0.717, 1.165) is 23.2 Å². The number of rotatable bonds is 9. The molecule has 0 aromatic heterocycles. The van der Waals surface area contributed by atoms with Crippen LogP contribution in [0.2, 0.25) is 0 Å². The lowest BCUT2D eigenvalue weighted by molar-refractivity contribution is -0.133. The Morgan fingerprint density at radius 2 is 1.51 bits per heavy atom. The number of amides is 3.